The molecule has 2 rings (SSSR count). The first-order valence-corrected chi connectivity index (χ1v) is 6.75. The molecule has 106 valence electrons. The van der Waals surface area contributed by atoms with E-state index in [-0.39, 0.29) is 5.91 Å². The molecule has 1 aromatic carbocycles. The number of nitrogens with two attached hydrogens (primary N) is 1. The summed E-state index contributed by atoms with van der Waals surface area (Å²) in [6.45, 7) is 2.61. The zero-order valence-corrected chi connectivity index (χ0v) is 11.6. The van der Waals surface area contributed by atoms with Crippen LogP contribution in [-0.4, -0.2) is 22.6 Å². The van der Waals surface area contributed by atoms with Gasteiger partial charge in [0.25, 0.3) is 0 Å². The van der Waals surface area contributed by atoms with Crippen molar-refractivity contribution in [2.45, 2.75) is 25.8 Å². The van der Waals surface area contributed by atoms with E-state index in [1.807, 2.05) is 43.5 Å². The van der Waals surface area contributed by atoms with Crippen LogP contribution in [0.5, 0.6) is 0 Å². The third-order valence-electron chi connectivity index (χ3n) is 3.30. The van der Waals surface area contributed by atoms with Gasteiger partial charge < -0.3 is 11.1 Å². The van der Waals surface area contributed by atoms with Crippen LogP contribution < -0.4 is 11.1 Å². The molecule has 1 amide bonds. The van der Waals surface area contributed by atoms with Crippen molar-refractivity contribution < 1.29 is 4.79 Å². The standard InChI is InChI=1S/C15H20N4O/c1-11-13(10-18-19-11)8-5-9-17-15(20)14(16)12-6-3-2-4-7-12/h2-4,6-7,10,14H,5,8-9,16H2,1H3,(H,17,20)(H,18,19)/t14-/m0/s1. The molecule has 0 fully saturated rings. The van der Waals surface area contributed by atoms with Gasteiger partial charge in [0.05, 0.1) is 6.20 Å². The van der Waals surface area contributed by atoms with Crippen LogP contribution in [0.2, 0.25) is 0 Å². The molecule has 4 N–H and O–H groups in total. The molecule has 1 atom stereocenters. The maximum Gasteiger partial charge on any atom is 0.241 e. The lowest BCUT2D eigenvalue weighted by molar-refractivity contribution is -0.122. The summed E-state index contributed by atoms with van der Waals surface area (Å²) >= 11 is 0. The van der Waals surface area contributed by atoms with E-state index in [2.05, 4.69) is 15.5 Å². The third kappa shape index (κ3) is 3.68. The molecular formula is C15H20N4O. The number of aryl methyl sites for hydroxylation is 2. The molecule has 0 radical (unpaired) electrons. The number of aromatic amines is 1. The molecule has 0 spiro atoms. The molecule has 20 heavy (non-hydrogen) atoms. The SMILES string of the molecule is Cc1[nH]ncc1CCCNC(=O)[C@@H](N)c1ccccc1. The number of hydrogen-bond acceptors (Lipinski definition) is 3. The summed E-state index contributed by atoms with van der Waals surface area (Å²) in [6, 6.07) is 8.78. The van der Waals surface area contributed by atoms with Crippen molar-refractivity contribution in [1.29, 1.82) is 0 Å². The predicted octanol–water partition coefficient (Wildman–Crippen LogP) is 1.47. The Bertz CT molecular complexity index is 550. The molecule has 0 unspecified atom stereocenters. The van der Waals surface area contributed by atoms with Crippen LogP contribution in [-0.2, 0) is 11.2 Å². The van der Waals surface area contributed by atoms with Crippen molar-refractivity contribution in [2.24, 2.45) is 5.73 Å². The first kappa shape index (κ1) is 14.3. The number of rotatable bonds is 6. The Hall–Kier alpha value is -2.14. The van der Waals surface area contributed by atoms with Crippen LogP contribution in [0.15, 0.2) is 36.5 Å². The Morgan fingerprint density at radius 2 is 2.15 bits per heavy atom. The molecule has 5 heteroatoms. The summed E-state index contributed by atoms with van der Waals surface area (Å²) in [7, 11) is 0. The lowest BCUT2D eigenvalue weighted by atomic mass is 10.1. The van der Waals surface area contributed by atoms with Gasteiger partial charge in [-0.3, -0.25) is 9.89 Å². The number of nitrogens with one attached hydrogen (secondary N) is 2. The highest BCUT2D eigenvalue weighted by atomic mass is 16.2. The topological polar surface area (TPSA) is 83.8 Å². The summed E-state index contributed by atoms with van der Waals surface area (Å²) in [5, 5.41) is 9.74. The van der Waals surface area contributed by atoms with E-state index >= 15 is 0 Å². The van der Waals surface area contributed by atoms with Gasteiger partial charge in [0.1, 0.15) is 6.04 Å². The molecule has 0 aliphatic carbocycles. The Morgan fingerprint density at radius 3 is 2.80 bits per heavy atom. The molecule has 0 aliphatic heterocycles. The van der Waals surface area contributed by atoms with E-state index in [0.29, 0.717) is 6.54 Å². The Morgan fingerprint density at radius 1 is 1.40 bits per heavy atom. The number of carbonyl (C=O) groups excluding carboxylic acids is 1. The van der Waals surface area contributed by atoms with Gasteiger partial charge in [-0.05, 0) is 30.9 Å². The van der Waals surface area contributed by atoms with Crippen LogP contribution in [0.4, 0.5) is 0 Å². The highest BCUT2D eigenvalue weighted by molar-refractivity contribution is 5.82. The first-order chi connectivity index (χ1) is 9.68. The zero-order chi connectivity index (χ0) is 14.4. The largest absolute Gasteiger partial charge is 0.354 e. The van der Waals surface area contributed by atoms with Gasteiger partial charge in [-0.15, -0.1) is 0 Å². The summed E-state index contributed by atoms with van der Waals surface area (Å²) in [4.78, 5) is 11.9. The van der Waals surface area contributed by atoms with Crippen molar-refractivity contribution in [3.63, 3.8) is 0 Å². The van der Waals surface area contributed by atoms with Crippen LogP contribution >= 0.6 is 0 Å². The number of nitrogens with zero attached hydrogens (tertiary/aromatic N) is 1. The Balaban J connectivity index is 1.74. The summed E-state index contributed by atoms with van der Waals surface area (Å²) in [6.07, 6.45) is 3.59. The van der Waals surface area contributed by atoms with Crippen LogP contribution in [0.3, 0.4) is 0 Å². The van der Waals surface area contributed by atoms with E-state index in [9.17, 15) is 4.79 Å². The monoisotopic (exact) mass is 272 g/mol. The number of aromatic nitrogens is 2. The average molecular weight is 272 g/mol. The van der Waals surface area contributed by atoms with Crippen molar-refractivity contribution in [3.8, 4) is 0 Å². The van der Waals surface area contributed by atoms with E-state index in [4.69, 9.17) is 5.73 Å². The molecule has 0 bridgehead atoms. The maximum atomic E-state index is 11.9. The minimum absolute atomic E-state index is 0.139. The molecule has 2 aromatic rings. The number of H-pyrrole nitrogens is 1. The summed E-state index contributed by atoms with van der Waals surface area (Å²) < 4.78 is 0. The quantitative estimate of drug-likeness (QED) is 0.696. The molecule has 0 saturated carbocycles. The van der Waals surface area contributed by atoms with Crippen molar-refractivity contribution in [2.75, 3.05) is 6.54 Å². The first-order valence-electron chi connectivity index (χ1n) is 6.75. The summed E-state index contributed by atoms with van der Waals surface area (Å²) in [5.41, 5.74) is 9.01. The Labute approximate surface area is 118 Å². The average Bonchev–Trinajstić information content (AvgIpc) is 2.89. The highest BCUT2D eigenvalue weighted by Gasteiger charge is 2.14. The van der Waals surface area contributed by atoms with Crippen LogP contribution in [0, 0.1) is 6.92 Å². The van der Waals surface area contributed by atoms with Crippen molar-refractivity contribution in [3.05, 3.63) is 53.3 Å². The fraction of sp³-hybridized carbons (Fsp3) is 0.333. The van der Waals surface area contributed by atoms with Gasteiger partial charge in [-0.1, -0.05) is 30.3 Å². The van der Waals surface area contributed by atoms with Gasteiger partial charge in [0.15, 0.2) is 0 Å². The number of hydrogen-bond donors (Lipinski definition) is 3. The van der Waals surface area contributed by atoms with E-state index in [1.165, 1.54) is 5.56 Å². The zero-order valence-electron chi connectivity index (χ0n) is 11.6. The normalized spacial score (nSPS) is 12.1. The smallest absolute Gasteiger partial charge is 0.241 e. The molecule has 1 heterocycles. The van der Waals surface area contributed by atoms with Crippen LogP contribution in [0.25, 0.3) is 0 Å². The van der Waals surface area contributed by atoms with Gasteiger partial charge in [0.2, 0.25) is 5.91 Å². The van der Waals surface area contributed by atoms with Gasteiger partial charge in [-0.25, -0.2) is 0 Å². The van der Waals surface area contributed by atoms with E-state index < -0.39 is 6.04 Å². The van der Waals surface area contributed by atoms with Crippen LogP contribution in [0.1, 0.15) is 29.3 Å². The van der Waals surface area contributed by atoms with Crippen molar-refractivity contribution in [1.82, 2.24) is 15.5 Å². The molecule has 0 aliphatic rings. The molecule has 0 saturated heterocycles. The lowest BCUT2D eigenvalue weighted by Gasteiger charge is -2.12. The van der Waals surface area contributed by atoms with Gasteiger partial charge in [-0.2, -0.15) is 5.10 Å². The van der Waals surface area contributed by atoms with Gasteiger partial charge in [0, 0.05) is 12.2 Å². The molecule has 5 nitrogen and oxygen atoms in total. The summed E-state index contributed by atoms with van der Waals surface area (Å²) in [5.74, 6) is -0.139. The maximum absolute atomic E-state index is 11.9. The van der Waals surface area contributed by atoms with Crippen molar-refractivity contribution >= 4 is 5.91 Å². The number of benzene rings is 1. The van der Waals surface area contributed by atoms with E-state index in [1.54, 1.807) is 0 Å². The fourth-order valence-corrected chi connectivity index (χ4v) is 2.04. The van der Waals surface area contributed by atoms with E-state index in [0.717, 1.165) is 24.1 Å². The minimum Gasteiger partial charge on any atom is -0.354 e. The second-order valence-electron chi connectivity index (χ2n) is 4.80. The highest BCUT2D eigenvalue weighted by Crippen LogP contribution is 2.09. The van der Waals surface area contributed by atoms with Gasteiger partial charge >= 0.3 is 0 Å². The lowest BCUT2D eigenvalue weighted by Crippen LogP contribution is -2.34. The molecular weight excluding hydrogens is 252 g/mol. The fourth-order valence-electron chi connectivity index (χ4n) is 2.04. The predicted molar refractivity (Wildman–Crippen MR) is 78.0 cm³/mol. The minimum atomic E-state index is -0.605. The second kappa shape index (κ2) is 6.86. The molecule has 1 aromatic heterocycles. The number of carbonyl (C=O) groups is 1. The number of amides is 1. The third-order valence-corrected chi connectivity index (χ3v) is 3.30. The second-order valence-corrected chi connectivity index (χ2v) is 4.80. The Kier molecular flexibility index (Phi) is 4.90.